The Morgan fingerprint density at radius 1 is 1.38 bits per heavy atom. The Bertz CT molecular complexity index is 1100. The van der Waals surface area contributed by atoms with Crippen molar-refractivity contribution in [2.75, 3.05) is 23.7 Å². The third-order valence-electron chi connectivity index (χ3n) is 4.51. The number of anilines is 1. The molecule has 3 aromatic rings. The molecule has 134 valence electrons. The van der Waals surface area contributed by atoms with E-state index in [2.05, 4.69) is 29.8 Å². The van der Waals surface area contributed by atoms with Gasteiger partial charge in [0.1, 0.15) is 0 Å². The number of rotatable bonds is 4. The van der Waals surface area contributed by atoms with Crippen LogP contribution in [0.2, 0.25) is 0 Å². The van der Waals surface area contributed by atoms with Gasteiger partial charge in [-0.3, -0.25) is 0 Å². The second-order valence-corrected chi connectivity index (χ2v) is 8.04. The summed E-state index contributed by atoms with van der Waals surface area (Å²) >= 11 is 0. The van der Waals surface area contributed by atoms with Gasteiger partial charge in [-0.05, 0) is 25.0 Å². The SMILES string of the molecule is N#CCS(=O)(=O)NC1CCCN(c2cc[nH]c3nnc4nccc4c23)C1. The molecule has 2 N–H and O–H groups in total. The molecule has 1 fully saturated rings. The zero-order valence-corrected chi connectivity index (χ0v) is 14.7. The van der Waals surface area contributed by atoms with Gasteiger partial charge in [-0.15, -0.1) is 10.2 Å². The number of nitriles is 1. The summed E-state index contributed by atoms with van der Waals surface area (Å²) in [6.07, 6.45) is 5.09. The molecule has 3 aromatic heterocycles. The van der Waals surface area contributed by atoms with Crippen molar-refractivity contribution in [2.45, 2.75) is 18.9 Å². The molecule has 9 nitrogen and oxygen atoms in total. The smallest absolute Gasteiger partial charge is 0.225 e. The molecular formula is C16H17N7O2S. The highest BCUT2D eigenvalue weighted by Crippen LogP contribution is 2.31. The summed E-state index contributed by atoms with van der Waals surface area (Å²) in [5.74, 6) is -0.526. The number of nitrogens with one attached hydrogen (secondary N) is 2. The number of sulfonamides is 1. The van der Waals surface area contributed by atoms with Gasteiger partial charge in [0.05, 0.1) is 17.1 Å². The van der Waals surface area contributed by atoms with Crippen LogP contribution < -0.4 is 9.62 Å². The minimum absolute atomic E-state index is 0.232. The normalized spacial score (nSPS) is 18.3. The first-order valence-electron chi connectivity index (χ1n) is 8.28. The van der Waals surface area contributed by atoms with Crippen LogP contribution in [0.15, 0.2) is 24.5 Å². The second-order valence-electron chi connectivity index (χ2n) is 6.29. The van der Waals surface area contributed by atoms with Gasteiger partial charge in [0.15, 0.2) is 17.0 Å². The van der Waals surface area contributed by atoms with Crippen LogP contribution in [0.4, 0.5) is 5.69 Å². The molecule has 1 unspecified atom stereocenters. The Balaban J connectivity index is 1.69. The Labute approximate surface area is 150 Å². The molecule has 0 saturated carbocycles. The van der Waals surface area contributed by atoms with E-state index in [1.165, 1.54) is 0 Å². The fourth-order valence-electron chi connectivity index (χ4n) is 3.46. The first-order chi connectivity index (χ1) is 12.6. The molecule has 1 aliphatic rings. The minimum Gasteiger partial charge on any atom is -0.369 e. The van der Waals surface area contributed by atoms with E-state index < -0.39 is 15.8 Å². The number of hydrogen-bond acceptors (Lipinski definition) is 7. The van der Waals surface area contributed by atoms with Crippen LogP contribution in [0, 0.1) is 11.3 Å². The monoisotopic (exact) mass is 371 g/mol. The van der Waals surface area contributed by atoms with Crippen LogP contribution in [0.25, 0.3) is 22.1 Å². The Kier molecular flexibility index (Phi) is 4.18. The number of H-pyrrole nitrogens is 1. The summed E-state index contributed by atoms with van der Waals surface area (Å²) in [4.78, 5) is 9.46. The Morgan fingerprint density at radius 2 is 2.27 bits per heavy atom. The molecule has 0 spiro atoms. The summed E-state index contributed by atoms with van der Waals surface area (Å²) < 4.78 is 26.5. The third kappa shape index (κ3) is 3.07. The molecule has 1 saturated heterocycles. The predicted molar refractivity (Wildman–Crippen MR) is 97.0 cm³/mol. The number of hydrogen-bond donors (Lipinski definition) is 2. The molecule has 10 heteroatoms. The Morgan fingerprint density at radius 3 is 3.12 bits per heavy atom. The van der Waals surface area contributed by atoms with Crippen molar-refractivity contribution < 1.29 is 8.42 Å². The van der Waals surface area contributed by atoms with Crippen molar-refractivity contribution in [3.05, 3.63) is 24.5 Å². The van der Waals surface area contributed by atoms with Crippen molar-refractivity contribution in [1.82, 2.24) is 24.9 Å². The number of pyridine rings is 1. The lowest BCUT2D eigenvalue weighted by Gasteiger charge is -2.35. The zero-order valence-electron chi connectivity index (χ0n) is 13.9. The average molecular weight is 371 g/mol. The quantitative estimate of drug-likeness (QED) is 0.698. The van der Waals surface area contributed by atoms with E-state index in [9.17, 15) is 8.42 Å². The van der Waals surface area contributed by atoms with Crippen LogP contribution in [0.3, 0.4) is 0 Å². The maximum Gasteiger partial charge on any atom is 0.225 e. The summed E-state index contributed by atoms with van der Waals surface area (Å²) in [6.45, 7) is 1.34. The lowest BCUT2D eigenvalue weighted by molar-refractivity contribution is 0.467. The number of aromatic amines is 1. The van der Waals surface area contributed by atoms with E-state index in [1.807, 2.05) is 12.1 Å². The van der Waals surface area contributed by atoms with Crippen LogP contribution in [-0.4, -0.2) is 53.5 Å². The summed E-state index contributed by atoms with van der Waals surface area (Å²) in [5.41, 5.74) is 2.22. The van der Waals surface area contributed by atoms with Crippen molar-refractivity contribution in [3.63, 3.8) is 0 Å². The Hall–Kier alpha value is -2.77. The summed E-state index contributed by atoms with van der Waals surface area (Å²) in [5, 5.41) is 18.8. The van der Waals surface area contributed by atoms with Gasteiger partial charge >= 0.3 is 0 Å². The van der Waals surface area contributed by atoms with Crippen molar-refractivity contribution in [1.29, 1.82) is 5.26 Å². The van der Waals surface area contributed by atoms with Crippen molar-refractivity contribution in [2.24, 2.45) is 0 Å². The average Bonchev–Trinajstić information content (AvgIpc) is 3.10. The number of fused-ring (bicyclic) bond motifs is 3. The van der Waals surface area contributed by atoms with Crippen LogP contribution in [0.1, 0.15) is 12.8 Å². The van der Waals surface area contributed by atoms with E-state index in [1.54, 1.807) is 18.5 Å². The number of piperidine rings is 1. The lowest BCUT2D eigenvalue weighted by Crippen LogP contribution is -2.48. The van der Waals surface area contributed by atoms with Gasteiger partial charge in [-0.1, -0.05) is 0 Å². The van der Waals surface area contributed by atoms with Crippen LogP contribution >= 0.6 is 0 Å². The van der Waals surface area contributed by atoms with E-state index in [0.717, 1.165) is 35.8 Å². The molecule has 4 heterocycles. The molecule has 1 aliphatic heterocycles. The largest absolute Gasteiger partial charge is 0.369 e. The van der Waals surface area contributed by atoms with E-state index in [-0.39, 0.29) is 6.04 Å². The van der Waals surface area contributed by atoms with Gasteiger partial charge in [0, 0.05) is 36.9 Å². The topological polar surface area (TPSA) is 128 Å². The van der Waals surface area contributed by atoms with E-state index in [0.29, 0.717) is 17.8 Å². The zero-order chi connectivity index (χ0) is 18.1. The lowest BCUT2D eigenvalue weighted by atomic mass is 10.0. The highest BCUT2D eigenvalue weighted by atomic mass is 32.2. The molecular weight excluding hydrogens is 354 g/mol. The first-order valence-corrected chi connectivity index (χ1v) is 9.93. The van der Waals surface area contributed by atoms with Gasteiger partial charge in [-0.2, -0.15) is 5.26 Å². The molecule has 4 rings (SSSR count). The first kappa shape index (κ1) is 16.7. The number of nitrogens with zero attached hydrogens (tertiary/aromatic N) is 5. The van der Waals surface area contributed by atoms with Gasteiger partial charge in [0.2, 0.25) is 10.0 Å². The molecule has 26 heavy (non-hydrogen) atoms. The third-order valence-corrected chi connectivity index (χ3v) is 5.71. The number of aromatic nitrogens is 4. The van der Waals surface area contributed by atoms with Crippen LogP contribution in [-0.2, 0) is 10.0 Å². The molecule has 0 aliphatic carbocycles. The molecule has 0 radical (unpaired) electrons. The minimum atomic E-state index is -3.58. The van der Waals surface area contributed by atoms with E-state index in [4.69, 9.17) is 5.26 Å². The molecule has 0 aromatic carbocycles. The van der Waals surface area contributed by atoms with Gasteiger partial charge in [0.25, 0.3) is 0 Å². The standard InChI is InChI=1S/C16H17N7O2S/c17-5-9-26(24,25)22-11-2-1-8-23(10-11)13-4-7-19-16-14(13)12-3-6-18-15(12)20-21-16/h3-4,6-7,11,22H,1-2,8-10H2,(H,19,21). The summed E-state index contributed by atoms with van der Waals surface area (Å²) in [7, 11) is -3.58. The maximum absolute atomic E-state index is 11.9. The van der Waals surface area contributed by atoms with Crippen LogP contribution in [0.5, 0.6) is 0 Å². The maximum atomic E-state index is 11.9. The van der Waals surface area contributed by atoms with E-state index >= 15 is 0 Å². The second kappa shape index (κ2) is 6.51. The summed E-state index contributed by atoms with van der Waals surface area (Å²) in [6, 6.07) is 5.32. The highest BCUT2D eigenvalue weighted by molar-refractivity contribution is 7.89. The fraction of sp³-hybridized carbons (Fsp3) is 0.375. The van der Waals surface area contributed by atoms with Gasteiger partial charge < -0.3 is 9.88 Å². The van der Waals surface area contributed by atoms with Crippen molar-refractivity contribution >= 4 is 37.8 Å². The highest BCUT2D eigenvalue weighted by Gasteiger charge is 2.26. The predicted octanol–water partition coefficient (Wildman–Crippen LogP) is 0.918. The molecule has 1 atom stereocenters. The van der Waals surface area contributed by atoms with Crippen molar-refractivity contribution in [3.8, 4) is 6.07 Å². The van der Waals surface area contributed by atoms with Gasteiger partial charge in [-0.25, -0.2) is 18.1 Å². The molecule has 0 amide bonds. The molecule has 0 bridgehead atoms. The fourth-order valence-corrected chi connectivity index (χ4v) is 4.41.